The fraction of sp³-hybridized carbons (Fsp3) is 0.696. The standard InChI is InChI=1S/C23H39N3O/c1-18(2)11-15-24-22(27)26-16-12-21(13-17-26)25-20-8-6-19(7-9-20)10-14-23(3,4)5/h6-9,18,21,25H,10-17H2,1-5H3,(H,24,27). The number of aryl methyl sites for hydroxylation is 1. The third-order valence-corrected chi connectivity index (χ3v) is 5.27. The van der Waals surface area contributed by atoms with E-state index in [9.17, 15) is 4.79 Å². The fourth-order valence-corrected chi connectivity index (χ4v) is 3.33. The van der Waals surface area contributed by atoms with Gasteiger partial charge in [-0.15, -0.1) is 0 Å². The smallest absolute Gasteiger partial charge is 0.317 e. The van der Waals surface area contributed by atoms with Crippen LogP contribution >= 0.6 is 0 Å². The molecule has 1 aliphatic rings. The second-order valence-electron chi connectivity index (χ2n) is 9.58. The molecule has 1 aromatic rings. The summed E-state index contributed by atoms with van der Waals surface area (Å²) < 4.78 is 0. The van der Waals surface area contributed by atoms with Crippen LogP contribution in [0, 0.1) is 11.3 Å². The molecule has 0 aliphatic carbocycles. The van der Waals surface area contributed by atoms with E-state index in [0.29, 0.717) is 17.4 Å². The lowest BCUT2D eigenvalue weighted by Crippen LogP contribution is -2.47. The van der Waals surface area contributed by atoms with Crippen LogP contribution in [0.15, 0.2) is 24.3 Å². The summed E-state index contributed by atoms with van der Waals surface area (Å²) in [5.74, 6) is 0.625. The van der Waals surface area contributed by atoms with E-state index in [2.05, 4.69) is 69.5 Å². The van der Waals surface area contributed by atoms with E-state index in [1.54, 1.807) is 0 Å². The number of carbonyl (C=O) groups is 1. The first-order chi connectivity index (χ1) is 12.7. The Morgan fingerprint density at radius 2 is 1.78 bits per heavy atom. The first-order valence-corrected chi connectivity index (χ1v) is 10.6. The van der Waals surface area contributed by atoms with Gasteiger partial charge in [-0.05, 0) is 61.1 Å². The summed E-state index contributed by atoms with van der Waals surface area (Å²) in [4.78, 5) is 14.2. The van der Waals surface area contributed by atoms with Crippen molar-refractivity contribution >= 4 is 11.7 Å². The average Bonchev–Trinajstić information content (AvgIpc) is 2.61. The minimum atomic E-state index is 0.0947. The molecule has 0 bridgehead atoms. The Labute approximate surface area is 166 Å². The molecular weight excluding hydrogens is 334 g/mol. The molecule has 4 heteroatoms. The predicted octanol–water partition coefficient (Wildman–Crippen LogP) is 5.30. The van der Waals surface area contributed by atoms with Crippen LogP contribution in [0.5, 0.6) is 0 Å². The Hall–Kier alpha value is -1.71. The van der Waals surface area contributed by atoms with Gasteiger partial charge in [-0.25, -0.2) is 4.79 Å². The van der Waals surface area contributed by atoms with Crippen LogP contribution in [0.3, 0.4) is 0 Å². The van der Waals surface area contributed by atoms with Crippen molar-refractivity contribution in [2.24, 2.45) is 11.3 Å². The molecule has 0 saturated carbocycles. The average molecular weight is 374 g/mol. The van der Waals surface area contributed by atoms with Crippen LogP contribution in [-0.4, -0.2) is 36.6 Å². The number of benzene rings is 1. The van der Waals surface area contributed by atoms with Gasteiger partial charge in [-0.1, -0.05) is 46.8 Å². The van der Waals surface area contributed by atoms with Crippen LogP contribution in [0.2, 0.25) is 0 Å². The van der Waals surface area contributed by atoms with Crippen LogP contribution < -0.4 is 10.6 Å². The number of hydrogen-bond acceptors (Lipinski definition) is 2. The second kappa shape index (κ2) is 10.0. The maximum Gasteiger partial charge on any atom is 0.317 e. The summed E-state index contributed by atoms with van der Waals surface area (Å²) in [6, 6.07) is 9.42. The minimum absolute atomic E-state index is 0.0947. The maximum absolute atomic E-state index is 12.2. The molecule has 4 nitrogen and oxygen atoms in total. The predicted molar refractivity (Wildman–Crippen MR) is 115 cm³/mol. The van der Waals surface area contributed by atoms with E-state index in [1.165, 1.54) is 17.7 Å². The van der Waals surface area contributed by atoms with Crippen LogP contribution in [-0.2, 0) is 6.42 Å². The third-order valence-electron chi connectivity index (χ3n) is 5.27. The van der Waals surface area contributed by atoms with Gasteiger partial charge in [0.25, 0.3) is 0 Å². The number of piperidine rings is 1. The van der Waals surface area contributed by atoms with Crippen molar-refractivity contribution in [3.63, 3.8) is 0 Å². The number of carbonyl (C=O) groups excluding carboxylic acids is 1. The highest BCUT2D eigenvalue weighted by molar-refractivity contribution is 5.74. The van der Waals surface area contributed by atoms with Crippen molar-refractivity contribution in [2.45, 2.75) is 72.8 Å². The van der Waals surface area contributed by atoms with E-state index >= 15 is 0 Å². The number of hydrogen-bond donors (Lipinski definition) is 2. The molecule has 2 N–H and O–H groups in total. The molecule has 1 aliphatic heterocycles. The number of rotatable bonds is 7. The molecule has 1 saturated heterocycles. The lowest BCUT2D eigenvalue weighted by Gasteiger charge is -2.33. The lowest BCUT2D eigenvalue weighted by atomic mass is 9.89. The number of likely N-dealkylation sites (tertiary alicyclic amines) is 1. The molecule has 152 valence electrons. The SMILES string of the molecule is CC(C)CCNC(=O)N1CCC(Nc2ccc(CCC(C)(C)C)cc2)CC1. The van der Waals surface area contributed by atoms with Crippen molar-refractivity contribution in [1.29, 1.82) is 0 Å². The topological polar surface area (TPSA) is 44.4 Å². The largest absolute Gasteiger partial charge is 0.382 e. The van der Waals surface area contributed by atoms with Gasteiger partial charge in [0.2, 0.25) is 0 Å². The normalized spacial score (nSPS) is 15.9. The van der Waals surface area contributed by atoms with Gasteiger partial charge in [0.15, 0.2) is 0 Å². The number of amides is 2. The Morgan fingerprint density at radius 3 is 2.33 bits per heavy atom. The fourth-order valence-electron chi connectivity index (χ4n) is 3.33. The monoisotopic (exact) mass is 373 g/mol. The molecule has 0 atom stereocenters. The van der Waals surface area contributed by atoms with Crippen LogP contribution in [0.25, 0.3) is 0 Å². The Morgan fingerprint density at radius 1 is 1.15 bits per heavy atom. The zero-order valence-electron chi connectivity index (χ0n) is 18.0. The molecule has 2 rings (SSSR count). The van der Waals surface area contributed by atoms with Gasteiger partial charge >= 0.3 is 6.03 Å². The summed E-state index contributed by atoms with van der Waals surface area (Å²) >= 11 is 0. The van der Waals surface area contributed by atoms with Gasteiger partial charge in [-0.3, -0.25) is 0 Å². The van der Waals surface area contributed by atoms with E-state index in [0.717, 1.165) is 45.3 Å². The van der Waals surface area contributed by atoms with Crippen LogP contribution in [0.4, 0.5) is 10.5 Å². The number of nitrogens with zero attached hydrogens (tertiary/aromatic N) is 1. The zero-order chi connectivity index (χ0) is 19.9. The summed E-state index contributed by atoms with van der Waals surface area (Å²) in [7, 11) is 0. The van der Waals surface area contributed by atoms with Crippen molar-refractivity contribution in [3.8, 4) is 0 Å². The first-order valence-electron chi connectivity index (χ1n) is 10.6. The molecule has 0 unspecified atom stereocenters. The summed E-state index contributed by atoms with van der Waals surface area (Å²) in [5, 5.41) is 6.68. The zero-order valence-corrected chi connectivity index (χ0v) is 18.0. The maximum atomic E-state index is 12.2. The molecule has 1 fully saturated rings. The molecular formula is C23H39N3O. The number of anilines is 1. The number of urea groups is 1. The van der Waals surface area contributed by atoms with Gasteiger partial charge in [0.1, 0.15) is 0 Å². The van der Waals surface area contributed by atoms with E-state index in [4.69, 9.17) is 0 Å². The quantitative estimate of drug-likeness (QED) is 0.681. The molecule has 0 aromatic heterocycles. The molecule has 1 aromatic carbocycles. The van der Waals surface area contributed by atoms with Crippen molar-refractivity contribution < 1.29 is 4.79 Å². The highest BCUT2D eigenvalue weighted by Gasteiger charge is 2.22. The Bertz CT molecular complexity index is 566. The molecule has 2 amide bonds. The van der Waals surface area contributed by atoms with E-state index in [1.807, 2.05) is 4.90 Å². The van der Waals surface area contributed by atoms with Crippen molar-refractivity contribution in [3.05, 3.63) is 29.8 Å². The lowest BCUT2D eigenvalue weighted by molar-refractivity contribution is 0.183. The van der Waals surface area contributed by atoms with Crippen molar-refractivity contribution in [1.82, 2.24) is 10.2 Å². The van der Waals surface area contributed by atoms with Gasteiger partial charge in [-0.2, -0.15) is 0 Å². The molecule has 0 spiro atoms. The molecule has 27 heavy (non-hydrogen) atoms. The summed E-state index contributed by atoms with van der Waals surface area (Å²) in [5.41, 5.74) is 2.98. The van der Waals surface area contributed by atoms with Gasteiger partial charge < -0.3 is 15.5 Å². The first kappa shape index (κ1) is 21.6. The Kier molecular flexibility index (Phi) is 8.00. The van der Waals surface area contributed by atoms with Gasteiger partial charge in [0, 0.05) is 31.4 Å². The minimum Gasteiger partial charge on any atom is -0.382 e. The third kappa shape index (κ3) is 8.23. The molecule has 1 heterocycles. The second-order valence-corrected chi connectivity index (χ2v) is 9.58. The highest BCUT2D eigenvalue weighted by atomic mass is 16.2. The van der Waals surface area contributed by atoms with Crippen molar-refractivity contribution in [2.75, 3.05) is 25.0 Å². The van der Waals surface area contributed by atoms with Crippen LogP contribution in [0.1, 0.15) is 65.9 Å². The Balaban J connectivity index is 1.71. The van der Waals surface area contributed by atoms with E-state index < -0.39 is 0 Å². The highest BCUT2D eigenvalue weighted by Crippen LogP contribution is 2.23. The summed E-state index contributed by atoms with van der Waals surface area (Å²) in [6.45, 7) is 13.7. The molecule has 0 radical (unpaired) electrons. The number of nitrogens with one attached hydrogen (secondary N) is 2. The van der Waals surface area contributed by atoms with E-state index in [-0.39, 0.29) is 6.03 Å². The van der Waals surface area contributed by atoms with Gasteiger partial charge in [0.05, 0.1) is 0 Å². The summed E-state index contributed by atoms with van der Waals surface area (Å²) in [6.07, 6.45) is 5.38.